The van der Waals surface area contributed by atoms with Gasteiger partial charge in [-0.05, 0) is 39.7 Å². The Labute approximate surface area is 103 Å². The average molecular weight is 238 g/mol. The highest BCUT2D eigenvalue weighted by Crippen LogP contribution is 2.25. The number of rotatable bonds is 1. The lowest BCUT2D eigenvalue weighted by molar-refractivity contribution is -0.182. The fourth-order valence-electron chi connectivity index (χ4n) is 2.19. The standard InChI is InChI=1S/C15H10O3/c16-15(18-17)13-7-3-6-12-8-10-4-1-2-5-11(10)9-14(12)13/h1-9,17H. The number of carbonyl (C=O) groups excluding carboxylic acids is 1. The normalized spacial score (nSPS) is 10.7. The molecule has 0 fully saturated rings. The van der Waals surface area contributed by atoms with Crippen LogP contribution in [0.5, 0.6) is 0 Å². The van der Waals surface area contributed by atoms with E-state index < -0.39 is 5.97 Å². The van der Waals surface area contributed by atoms with Gasteiger partial charge in [0.1, 0.15) is 0 Å². The molecule has 0 heterocycles. The van der Waals surface area contributed by atoms with Gasteiger partial charge in [0, 0.05) is 0 Å². The first-order chi connectivity index (χ1) is 8.79. The van der Waals surface area contributed by atoms with Crippen LogP contribution >= 0.6 is 0 Å². The molecule has 3 rings (SSSR count). The van der Waals surface area contributed by atoms with E-state index in [1.165, 1.54) is 0 Å². The number of carbonyl (C=O) groups is 1. The fourth-order valence-corrected chi connectivity index (χ4v) is 2.19. The Bertz CT molecular complexity index is 747. The third-order valence-electron chi connectivity index (χ3n) is 3.05. The zero-order valence-corrected chi connectivity index (χ0v) is 9.46. The van der Waals surface area contributed by atoms with Crippen molar-refractivity contribution in [3.8, 4) is 0 Å². The van der Waals surface area contributed by atoms with Crippen molar-refractivity contribution in [1.29, 1.82) is 0 Å². The minimum atomic E-state index is -0.740. The van der Waals surface area contributed by atoms with Crippen molar-refractivity contribution in [1.82, 2.24) is 0 Å². The van der Waals surface area contributed by atoms with E-state index in [0.717, 1.165) is 21.5 Å². The molecule has 88 valence electrons. The van der Waals surface area contributed by atoms with Crippen LogP contribution in [0.3, 0.4) is 0 Å². The summed E-state index contributed by atoms with van der Waals surface area (Å²) < 4.78 is 0. The summed E-state index contributed by atoms with van der Waals surface area (Å²) in [5.41, 5.74) is 0.362. The van der Waals surface area contributed by atoms with E-state index in [-0.39, 0.29) is 0 Å². The largest absolute Gasteiger partial charge is 0.373 e. The van der Waals surface area contributed by atoms with E-state index in [4.69, 9.17) is 5.26 Å². The van der Waals surface area contributed by atoms with Gasteiger partial charge in [0.05, 0.1) is 5.56 Å². The first-order valence-electron chi connectivity index (χ1n) is 5.57. The molecule has 0 aliphatic carbocycles. The van der Waals surface area contributed by atoms with Crippen LogP contribution in [0.15, 0.2) is 54.6 Å². The minimum Gasteiger partial charge on any atom is -0.295 e. The van der Waals surface area contributed by atoms with Gasteiger partial charge in [-0.3, -0.25) is 4.89 Å². The zero-order chi connectivity index (χ0) is 12.5. The third-order valence-corrected chi connectivity index (χ3v) is 3.05. The summed E-state index contributed by atoms with van der Waals surface area (Å²) >= 11 is 0. The summed E-state index contributed by atoms with van der Waals surface area (Å²) in [5, 5.41) is 12.4. The molecule has 3 aromatic carbocycles. The molecule has 0 bridgehead atoms. The van der Waals surface area contributed by atoms with Gasteiger partial charge >= 0.3 is 5.97 Å². The highest BCUT2D eigenvalue weighted by molar-refractivity contribution is 6.08. The van der Waals surface area contributed by atoms with Crippen LogP contribution in [0.1, 0.15) is 10.4 Å². The summed E-state index contributed by atoms with van der Waals surface area (Å²) in [6.45, 7) is 0. The molecule has 0 aliphatic rings. The van der Waals surface area contributed by atoms with Gasteiger partial charge in [0.25, 0.3) is 0 Å². The number of fused-ring (bicyclic) bond motifs is 2. The summed E-state index contributed by atoms with van der Waals surface area (Å²) in [6.07, 6.45) is 0. The molecule has 1 N–H and O–H groups in total. The zero-order valence-electron chi connectivity index (χ0n) is 9.46. The molecule has 3 heteroatoms. The van der Waals surface area contributed by atoms with Crippen LogP contribution in [0.2, 0.25) is 0 Å². The summed E-state index contributed by atoms with van der Waals surface area (Å²) in [7, 11) is 0. The molecule has 3 aromatic rings. The van der Waals surface area contributed by atoms with Gasteiger partial charge in [-0.1, -0.05) is 36.4 Å². The Balaban J connectivity index is 2.39. The summed E-state index contributed by atoms with van der Waals surface area (Å²) in [5.74, 6) is -0.740. The molecule has 0 atom stereocenters. The molecule has 0 saturated heterocycles. The van der Waals surface area contributed by atoms with Crippen molar-refractivity contribution in [3.05, 3.63) is 60.2 Å². The van der Waals surface area contributed by atoms with Gasteiger partial charge in [-0.2, -0.15) is 5.26 Å². The topological polar surface area (TPSA) is 46.5 Å². The number of benzene rings is 3. The SMILES string of the molecule is O=C(OO)c1cccc2cc3ccccc3cc12. The second kappa shape index (κ2) is 4.13. The Morgan fingerprint density at radius 3 is 2.28 bits per heavy atom. The Kier molecular flexibility index (Phi) is 2.46. The van der Waals surface area contributed by atoms with Crippen molar-refractivity contribution < 1.29 is 14.9 Å². The summed E-state index contributed by atoms with van der Waals surface area (Å²) in [4.78, 5) is 15.3. The molecule has 0 unspecified atom stereocenters. The van der Waals surface area contributed by atoms with Crippen molar-refractivity contribution in [2.24, 2.45) is 0 Å². The van der Waals surface area contributed by atoms with Crippen LogP contribution in [0.25, 0.3) is 21.5 Å². The molecule has 0 radical (unpaired) electrons. The van der Waals surface area contributed by atoms with Gasteiger partial charge in [-0.25, -0.2) is 4.79 Å². The Morgan fingerprint density at radius 1 is 0.889 bits per heavy atom. The predicted octanol–water partition coefficient (Wildman–Crippen LogP) is 3.62. The van der Waals surface area contributed by atoms with Crippen LogP contribution in [0, 0.1) is 0 Å². The Morgan fingerprint density at radius 2 is 1.56 bits per heavy atom. The van der Waals surface area contributed by atoms with Crippen LogP contribution < -0.4 is 0 Å². The highest BCUT2D eigenvalue weighted by atomic mass is 17.1. The van der Waals surface area contributed by atoms with E-state index in [1.807, 2.05) is 42.5 Å². The first-order valence-corrected chi connectivity index (χ1v) is 5.57. The average Bonchev–Trinajstić information content (AvgIpc) is 2.43. The van der Waals surface area contributed by atoms with Crippen molar-refractivity contribution in [3.63, 3.8) is 0 Å². The van der Waals surface area contributed by atoms with Gasteiger partial charge < -0.3 is 0 Å². The van der Waals surface area contributed by atoms with Crippen molar-refractivity contribution in [2.75, 3.05) is 0 Å². The molecule has 0 aliphatic heterocycles. The maximum absolute atomic E-state index is 11.5. The highest BCUT2D eigenvalue weighted by Gasteiger charge is 2.11. The van der Waals surface area contributed by atoms with E-state index in [9.17, 15) is 4.79 Å². The van der Waals surface area contributed by atoms with E-state index >= 15 is 0 Å². The molecule has 18 heavy (non-hydrogen) atoms. The second-order valence-electron chi connectivity index (χ2n) is 4.10. The Hall–Kier alpha value is -2.39. The van der Waals surface area contributed by atoms with Crippen molar-refractivity contribution in [2.45, 2.75) is 0 Å². The number of hydrogen-bond acceptors (Lipinski definition) is 3. The fraction of sp³-hybridized carbons (Fsp3) is 0. The summed E-state index contributed by atoms with van der Waals surface area (Å²) in [6, 6.07) is 17.2. The van der Waals surface area contributed by atoms with Crippen LogP contribution in [0.4, 0.5) is 0 Å². The molecule has 0 aromatic heterocycles. The predicted molar refractivity (Wildman–Crippen MR) is 69.5 cm³/mol. The molecule has 0 amide bonds. The van der Waals surface area contributed by atoms with Gasteiger partial charge in [-0.15, -0.1) is 0 Å². The van der Waals surface area contributed by atoms with E-state index in [1.54, 1.807) is 12.1 Å². The lowest BCUT2D eigenvalue weighted by Gasteiger charge is -2.05. The van der Waals surface area contributed by atoms with E-state index in [0.29, 0.717) is 5.56 Å². The minimum absolute atomic E-state index is 0.362. The number of hydrogen-bond donors (Lipinski definition) is 1. The molecule has 0 saturated carbocycles. The lowest BCUT2D eigenvalue weighted by atomic mass is 10.00. The molecular weight excluding hydrogens is 228 g/mol. The van der Waals surface area contributed by atoms with Crippen molar-refractivity contribution >= 4 is 27.5 Å². The molecule has 0 spiro atoms. The van der Waals surface area contributed by atoms with Crippen LogP contribution in [-0.4, -0.2) is 11.2 Å². The molecular formula is C15H10O3. The quantitative estimate of drug-likeness (QED) is 0.400. The van der Waals surface area contributed by atoms with E-state index in [2.05, 4.69) is 4.89 Å². The smallest absolute Gasteiger partial charge is 0.295 e. The van der Waals surface area contributed by atoms with Gasteiger partial charge in [0.2, 0.25) is 0 Å². The second-order valence-corrected chi connectivity index (χ2v) is 4.10. The maximum Gasteiger partial charge on any atom is 0.373 e. The monoisotopic (exact) mass is 238 g/mol. The lowest BCUT2D eigenvalue weighted by Crippen LogP contribution is -2.02. The first kappa shape index (κ1) is 10.7. The van der Waals surface area contributed by atoms with Crippen LogP contribution in [-0.2, 0) is 4.89 Å². The molecule has 3 nitrogen and oxygen atoms in total. The third kappa shape index (κ3) is 1.61. The maximum atomic E-state index is 11.5. The van der Waals surface area contributed by atoms with Gasteiger partial charge in [0.15, 0.2) is 0 Å².